The largest absolute Gasteiger partial charge is 0.513 e. The number of nitrogens with two attached hydrogens (primary N) is 1. The molecule has 1 aromatic carbocycles. The Kier molecular flexibility index (Phi) is 15.8. The Morgan fingerprint density at radius 2 is 1.39 bits per heavy atom. The molecule has 0 radical (unpaired) electrons. The van der Waals surface area contributed by atoms with E-state index in [0.29, 0.717) is 12.0 Å². The Bertz CT molecular complexity index is 997. The van der Waals surface area contributed by atoms with Crippen molar-refractivity contribution in [3.8, 4) is 11.5 Å². The normalized spacial score (nSPS) is 15.4. The first-order valence-corrected chi connectivity index (χ1v) is 14.3. The molecule has 1 aromatic rings. The van der Waals surface area contributed by atoms with Crippen molar-refractivity contribution in [3.63, 3.8) is 0 Å². The molecule has 0 saturated heterocycles. The van der Waals surface area contributed by atoms with Gasteiger partial charge in [-0.15, -0.1) is 0 Å². The summed E-state index contributed by atoms with van der Waals surface area (Å²) in [6, 6.07) is 2.86. The molecule has 5 unspecified atom stereocenters. The summed E-state index contributed by atoms with van der Waals surface area (Å²) in [5.74, 6) is -2.88. The molecule has 0 bridgehead atoms. The molecule has 11 nitrogen and oxygen atoms in total. The highest BCUT2D eigenvalue weighted by molar-refractivity contribution is 5.75. The lowest BCUT2D eigenvalue weighted by atomic mass is 9.87. The molecule has 0 amide bonds. The van der Waals surface area contributed by atoms with Crippen LogP contribution in [0.2, 0.25) is 0 Å². The molecule has 0 spiro atoms. The highest BCUT2D eigenvalue weighted by atomic mass is 16.7. The highest BCUT2D eigenvalue weighted by Crippen LogP contribution is 2.35. The van der Waals surface area contributed by atoms with Gasteiger partial charge in [-0.1, -0.05) is 66.9 Å². The van der Waals surface area contributed by atoms with Crippen LogP contribution in [0.3, 0.4) is 0 Å². The first-order valence-electron chi connectivity index (χ1n) is 14.3. The number of hydrogen-bond acceptors (Lipinski definition) is 10. The van der Waals surface area contributed by atoms with E-state index < -0.39 is 36.3 Å². The van der Waals surface area contributed by atoms with Crippen molar-refractivity contribution < 1.29 is 48.0 Å². The number of rotatable bonds is 17. The smallest absolute Gasteiger partial charge is 0.480 e. The van der Waals surface area contributed by atoms with Crippen LogP contribution in [0.4, 0.5) is 9.59 Å². The summed E-state index contributed by atoms with van der Waals surface area (Å²) in [7, 11) is 0. The van der Waals surface area contributed by atoms with Gasteiger partial charge in [-0.2, -0.15) is 0 Å². The van der Waals surface area contributed by atoms with Crippen molar-refractivity contribution in [2.45, 2.75) is 98.6 Å². The number of esters is 1. The van der Waals surface area contributed by atoms with Crippen LogP contribution in [-0.2, 0) is 23.8 Å². The second-order valence-corrected chi connectivity index (χ2v) is 10.7. The van der Waals surface area contributed by atoms with E-state index >= 15 is 0 Å². The van der Waals surface area contributed by atoms with E-state index in [1.54, 1.807) is 13.8 Å². The van der Waals surface area contributed by atoms with E-state index in [9.17, 15) is 24.3 Å². The summed E-state index contributed by atoms with van der Waals surface area (Å²) < 4.78 is 26.6. The van der Waals surface area contributed by atoms with E-state index in [0.717, 1.165) is 19.3 Å². The maximum Gasteiger partial charge on any atom is 0.513 e. The predicted molar refractivity (Wildman–Crippen MR) is 152 cm³/mol. The van der Waals surface area contributed by atoms with Crippen LogP contribution >= 0.6 is 0 Å². The first-order chi connectivity index (χ1) is 19.3. The lowest BCUT2D eigenvalue weighted by Gasteiger charge is -2.26. The van der Waals surface area contributed by atoms with Crippen LogP contribution in [0.15, 0.2) is 18.2 Å². The van der Waals surface area contributed by atoms with Crippen LogP contribution in [0.1, 0.15) is 92.1 Å². The third-order valence-corrected chi connectivity index (χ3v) is 6.89. The number of carboxylic acids is 1. The fourth-order valence-corrected chi connectivity index (χ4v) is 3.75. The molecule has 0 heterocycles. The zero-order valence-electron chi connectivity index (χ0n) is 25.3. The molecule has 232 valence electrons. The summed E-state index contributed by atoms with van der Waals surface area (Å²) in [6.07, 6.45) is 0.477. The van der Waals surface area contributed by atoms with Gasteiger partial charge in [-0.3, -0.25) is 9.59 Å². The van der Waals surface area contributed by atoms with Crippen molar-refractivity contribution in [1.82, 2.24) is 0 Å². The monoisotopic (exact) mass is 581 g/mol. The Morgan fingerprint density at radius 3 is 1.88 bits per heavy atom. The molecule has 6 atom stereocenters. The molecule has 0 aliphatic carbocycles. The zero-order chi connectivity index (χ0) is 31.1. The number of aliphatic carboxylic acids is 1. The number of carbonyl (C=O) groups is 4. The van der Waals surface area contributed by atoms with Crippen molar-refractivity contribution in [3.05, 3.63) is 23.8 Å². The van der Waals surface area contributed by atoms with Crippen molar-refractivity contribution >= 4 is 24.2 Å². The summed E-state index contributed by atoms with van der Waals surface area (Å²) >= 11 is 0. The lowest BCUT2D eigenvalue weighted by molar-refractivity contribution is -0.153. The van der Waals surface area contributed by atoms with Crippen molar-refractivity contribution in [2.24, 2.45) is 23.5 Å². The van der Waals surface area contributed by atoms with Crippen molar-refractivity contribution in [2.75, 3.05) is 13.2 Å². The molecule has 41 heavy (non-hydrogen) atoms. The Balaban J connectivity index is 3.30. The van der Waals surface area contributed by atoms with Gasteiger partial charge in [-0.25, -0.2) is 9.59 Å². The van der Waals surface area contributed by atoms with Gasteiger partial charge < -0.3 is 34.5 Å². The minimum Gasteiger partial charge on any atom is -0.480 e. The van der Waals surface area contributed by atoms with E-state index in [1.165, 1.54) is 18.2 Å². The Labute approximate surface area is 243 Å². The lowest BCUT2D eigenvalue weighted by Crippen LogP contribution is -2.38. The van der Waals surface area contributed by atoms with E-state index in [4.69, 9.17) is 29.4 Å². The van der Waals surface area contributed by atoms with Gasteiger partial charge in [0.05, 0.1) is 25.2 Å². The zero-order valence-corrected chi connectivity index (χ0v) is 25.3. The fraction of sp³-hybridized carbons (Fsp3) is 0.667. The maximum absolute atomic E-state index is 12.5. The molecular weight excluding hydrogens is 534 g/mol. The van der Waals surface area contributed by atoms with Gasteiger partial charge in [-0.05, 0) is 49.3 Å². The topological polar surface area (TPSA) is 161 Å². The Morgan fingerprint density at radius 1 is 0.854 bits per heavy atom. The van der Waals surface area contributed by atoms with Gasteiger partial charge in [0.25, 0.3) is 0 Å². The summed E-state index contributed by atoms with van der Waals surface area (Å²) in [6.45, 7) is 13.4. The molecule has 0 aliphatic rings. The number of carboxylic acid groups (broad SMARTS) is 1. The molecular formula is C30H47NO10. The number of carbonyl (C=O) groups excluding carboxylic acids is 3. The fourth-order valence-electron chi connectivity index (χ4n) is 3.75. The van der Waals surface area contributed by atoms with E-state index in [-0.39, 0.29) is 54.9 Å². The highest BCUT2D eigenvalue weighted by Gasteiger charge is 2.31. The van der Waals surface area contributed by atoms with Gasteiger partial charge in [0.1, 0.15) is 6.04 Å². The second kappa shape index (κ2) is 18.2. The van der Waals surface area contributed by atoms with E-state index in [1.807, 2.05) is 34.6 Å². The van der Waals surface area contributed by atoms with Crippen LogP contribution in [-0.4, -0.2) is 54.7 Å². The summed E-state index contributed by atoms with van der Waals surface area (Å²) in [5.41, 5.74) is 6.42. The minimum absolute atomic E-state index is 0.0765. The van der Waals surface area contributed by atoms with Gasteiger partial charge in [0, 0.05) is 5.92 Å². The standard InChI is InChI=1S/C30H47NO10/c1-8-11-20(6)28(34)39-21(7)14-23(26(31)27(32)33)22-12-13-24(40-29(35)37-16-18(4)9-2)25(15-22)41-30(36)38-17-19(5)10-3/h12-13,15,18-21,23,26H,8-11,14,16-17,31H2,1-7H3,(H,32,33)/t18?,19?,20?,21?,23?,26-/m0/s1. The average Bonchev–Trinajstić information content (AvgIpc) is 2.93. The average molecular weight is 582 g/mol. The van der Waals surface area contributed by atoms with Crippen LogP contribution in [0.5, 0.6) is 11.5 Å². The second-order valence-electron chi connectivity index (χ2n) is 10.7. The number of ether oxygens (including phenoxy) is 5. The predicted octanol–water partition coefficient (Wildman–Crippen LogP) is 6.06. The van der Waals surface area contributed by atoms with Crippen LogP contribution in [0.25, 0.3) is 0 Å². The molecule has 0 aliphatic heterocycles. The molecule has 0 fully saturated rings. The quantitative estimate of drug-likeness (QED) is 0.125. The van der Waals surface area contributed by atoms with Gasteiger partial charge in [0.2, 0.25) is 0 Å². The van der Waals surface area contributed by atoms with Gasteiger partial charge >= 0.3 is 24.2 Å². The first kappa shape index (κ1) is 35.7. The molecule has 1 rings (SSSR count). The molecule has 0 saturated carbocycles. The van der Waals surface area contributed by atoms with Crippen LogP contribution < -0.4 is 15.2 Å². The SMILES string of the molecule is CCCC(C)C(=O)OC(C)CC(c1ccc(OC(=O)OCC(C)CC)c(OC(=O)OCC(C)CC)c1)[C@H](N)C(=O)O. The maximum atomic E-state index is 12.5. The molecule has 0 aromatic heterocycles. The molecule has 3 N–H and O–H groups in total. The summed E-state index contributed by atoms with van der Waals surface area (Å²) in [5, 5.41) is 9.70. The minimum atomic E-state index is -1.37. The molecule has 11 heteroatoms. The van der Waals surface area contributed by atoms with Crippen LogP contribution in [0, 0.1) is 17.8 Å². The third kappa shape index (κ3) is 12.8. The van der Waals surface area contributed by atoms with E-state index in [2.05, 4.69) is 0 Å². The number of hydrogen-bond donors (Lipinski definition) is 2. The third-order valence-electron chi connectivity index (χ3n) is 6.89. The van der Waals surface area contributed by atoms with Gasteiger partial charge in [0.15, 0.2) is 11.5 Å². The number of benzene rings is 1. The Hall–Kier alpha value is -3.34. The summed E-state index contributed by atoms with van der Waals surface area (Å²) in [4.78, 5) is 49.1. The van der Waals surface area contributed by atoms with Crippen molar-refractivity contribution in [1.29, 1.82) is 0 Å².